The number of thioether (sulfide) groups is 1. The third-order valence-electron chi connectivity index (χ3n) is 4.22. The van der Waals surface area contributed by atoms with E-state index in [-0.39, 0.29) is 12.3 Å². The lowest BCUT2D eigenvalue weighted by Crippen LogP contribution is -2.56. The van der Waals surface area contributed by atoms with Gasteiger partial charge in [-0.25, -0.2) is 4.79 Å². The number of hydrogen-bond donors (Lipinski definition) is 2. The molecule has 2 N–H and O–H groups in total. The third kappa shape index (κ3) is 4.31. The summed E-state index contributed by atoms with van der Waals surface area (Å²) >= 11 is 1.70. The van der Waals surface area contributed by atoms with Crippen molar-refractivity contribution in [2.75, 3.05) is 32.8 Å². The first-order valence-corrected chi connectivity index (χ1v) is 9.02. The van der Waals surface area contributed by atoms with E-state index in [0.717, 1.165) is 11.5 Å². The van der Waals surface area contributed by atoms with Gasteiger partial charge in [0, 0.05) is 0 Å². The zero-order chi connectivity index (χ0) is 18.4. The molecule has 0 atom stereocenters. The quantitative estimate of drug-likeness (QED) is 0.756. The molecule has 2 rings (SSSR count). The number of amides is 1. The van der Waals surface area contributed by atoms with Gasteiger partial charge in [0.25, 0.3) is 0 Å². The van der Waals surface area contributed by atoms with Crippen LogP contribution in [0.4, 0.5) is 0 Å². The Bertz CT molecular complexity index is 617. The topological polar surface area (TPSA) is 94.1 Å². The fraction of sp³-hybridized carbons (Fsp3) is 0.529. The molecule has 1 aliphatic heterocycles. The molecule has 0 saturated carbocycles. The van der Waals surface area contributed by atoms with Gasteiger partial charge >= 0.3 is 5.97 Å². The van der Waals surface area contributed by atoms with Gasteiger partial charge in [0.05, 0.1) is 27.8 Å². The van der Waals surface area contributed by atoms with Crippen LogP contribution in [0.15, 0.2) is 12.1 Å². The van der Waals surface area contributed by atoms with Gasteiger partial charge in [-0.2, -0.15) is 11.8 Å². The number of nitrogens with one attached hydrogen (secondary N) is 1. The summed E-state index contributed by atoms with van der Waals surface area (Å²) in [5.41, 5.74) is -0.527. The standard InChI is InChI=1S/C17H23NO6S/c1-22-12-8-11(9-13(23-2)15(12)24-3)10-14(19)18-17(16(20)21)4-6-25-7-5-17/h8-9H,4-7,10H2,1-3H3,(H,18,19)(H,20,21). The first kappa shape index (κ1) is 19.2. The van der Waals surface area contributed by atoms with Crippen molar-refractivity contribution in [1.82, 2.24) is 5.32 Å². The summed E-state index contributed by atoms with van der Waals surface area (Å²) in [4.78, 5) is 24.1. The maximum Gasteiger partial charge on any atom is 0.329 e. The molecule has 138 valence electrons. The van der Waals surface area contributed by atoms with Crippen molar-refractivity contribution in [2.24, 2.45) is 0 Å². The number of hydrogen-bond acceptors (Lipinski definition) is 6. The highest BCUT2D eigenvalue weighted by Gasteiger charge is 2.41. The molecule has 0 spiro atoms. The van der Waals surface area contributed by atoms with Crippen LogP contribution in [-0.4, -0.2) is 55.4 Å². The minimum Gasteiger partial charge on any atom is -0.493 e. The van der Waals surface area contributed by atoms with Gasteiger partial charge in [-0.1, -0.05) is 0 Å². The molecular formula is C17H23NO6S. The number of ether oxygens (including phenoxy) is 3. The fourth-order valence-corrected chi connectivity index (χ4v) is 4.04. The van der Waals surface area contributed by atoms with Crippen molar-refractivity contribution in [1.29, 1.82) is 0 Å². The molecule has 0 bridgehead atoms. The summed E-state index contributed by atoms with van der Waals surface area (Å²) in [6.07, 6.45) is 0.876. The highest BCUT2D eigenvalue weighted by Crippen LogP contribution is 2.38. The lowest BCUT2D eigenvalue weighted by atomic mass is 9.92. The summed E-state index contributed by atoms with van der Waals surface area (Å²) in [5.74, 6) is 1.46. The van der Waals surface area contributed by atoms with Crippen LogP contribution in [0, 0.1) is 0 Å². The molecule has 0 unspecified atom stereocenters. The molecule has 1 aromatic rings. The van der Waals surface area contributed by atoms with Crippen molar-refractivity contribution in [3.8, 4) is 17.2 Å². The van der Waals surface area contributed by atoms with E-state index in [9.17, 15) is 14.7 Å². The SMILES string of the molecule is COc1cc(CC(=O)NC2(C(=O)O)CCSCC2)cc(OC)c1OC. The monoisotopic (exact) mass is 369 g/mol. The van der Waals surface area contributed by atoms with Crippen molar-refractivity contribution in [3.05, 3.63) is 17.7 Å². The lowest BCUT2D eigenvalue weighted by Gasteiger charge is -2.33. The maximum absolute atomic E-state index is 12.4. The summed E-state index contributed by atoms with van der Waals surface area (Å²) < 4.78 is 15.8. The largest absolute Gasteiger partial charge is 0.493 e. The van der Waals surface area contributed by atoms with Crippen LogP contribution in [0.5, 0.6) is 17.2 Å². The lowest BCUT2D eigenvalue weighted by molar-refractivity contribution is -0.148. The van der Waals surface area contributed by atoms with Crippen LogP contribution in [0.1, 0.15) is 18.4 Å². The van der Waals surface area contributed by atoms with Gasteiger partial charge in [-0.05, 0) is 42.0 Å². The Kier molecular flexibility index (Phi) is 6.41. The molecule has 1 aliphatic rings. The second-order valence-corrected chi connectivity index (χ2v) is 6.98. The Hall–Kier alpha value is -2.09. The summed E-state index contributed by atoms with van der Waals surface area (Å²) in [6.45, 7) is 0. The molecule has 25 heavy (non-hydrogen) atoms. The minimum absolute atomic E-state index is 0.0267. The number of methoxy groups -OCH3 is 3. The number of carbonyl (C=O) groups excluding carboxylic acids is 1. The Morgan fingerprint density at radius 2 is 1.68 bits per heavy atom. The smallest absolute Gasteiger partial charge is 0.329 e. The van der Waals surface area contributed by atoms with Gasteiger partial charge in [-0.15, -0.1) is 0 Å². The number of benzene rings is 1. The molecule has 1 heterocycles. The van der Waals surface area contributed by atoms with Gasteiger partial charge in [0.2, 0.25) is 11.7 Å². The van der Waals surface area contributed by atoms with Gasteiger partial charge < -0.3 is 24.6 Å². The van der Waals surface area contributed by atoms with Crippen LogP contribution >= 0.6 is 11.8 Å². The minimum atomic E-state index is -1.18. The van der Waals surface area contributed by atoms with Crippen molar-refractivity contribution in [2.45, 2.75) is 24.8 Å². The predicted octanol–water partition coefficient (Wildman–Crippen LogP) is 1.72. The normalized spacial score (nSPS) is 16.0. The summed E-state index contributed by atoms with van der Waals surface area (Å²) in [5, 5.41) is 12.3. The molecule has 7 nitrogen and oxygen atoms in total. The van der Waals surface area contributed by atoms with E-state index in [1.807, 2.05) is 0 Å². The second kappa shape index (κ2) is 8.33. The Morgan fingerprint density at radius 3 is 2.12 bits per heavy atom. The van der Waals surface area contributed by atoms with Gasteiger partial charge in [0.1, 0.15) is 5.54 Å². The van der Waals surface area contributed by atoms with Crippen LogP contribution in [0.2, 0.25) is 0 Å². The molecule has 0 radical (unpaired) electrons. The Balaban J connectivity index is 2.18. The highest BCUT2D eigenvalue weighted by atomic mass is 32.2. The number of carboxylic acids is 1. The molecule has 1 saturated heterocycles. The van der Waals surface area contributed by atoms with Crippen molar-refractivity contribution >= 4 is 23.6 Å². The zero-order valence-electron chi connectivity index (χ0n) is 14.6. The number of rotatable bonds is 7. The van der Waals surface area contributed by atoms with Gasteiger partial charge in [0.15, 0.2) is 11.5 Å². The average Bonchev–Trinajstić information content (AvgIpc) is 2.61. The van der Waals surface area contributed by atoms with E-state index in [1.165, 1.54) is 21.3 Å². The van der Waals surface area contributed by atoms with Crippen LogP contribution < -0.4 is 19.5 Å². The van der Waals surface area contributed by atoms with Gasteiger partial charge in [-0.3, -0.25) is 4.79 Å². The number of carboxylic acid groups (broad SMARTS) is 1. The van der Waals surface area contributed by atoms with Crippen LogP contribution in [0.25, 0.3) is 0 Å². The summed E-state index contributed by atoms with van der Waals surface area (Å²) in [6, 6.07) is 3.37. The first-order valence-electron chi connectivity index (χ1n) is 7.87. The second-order valence-electron chi connectivity index (χ2n) is 5.76. The average molecular weight is 369 g/mol. The van der Waals surface area contributed by atoms with E-state index in [0.29, 0.717) is 35.7 Å². The maximum atomic E-state index is 12.4. The molecule has 0 aliphatic carbocycles. The molecule has 1 amide bonds. The first-order chi connectivity index (χ1) is 12.0. The van der Waals surface area contributed by atoms with Crippen LogP contribution in [-0.2, 0) is 16.0 Å². The van der Waals surface area contributed by atoms with E-state index in [2.05, 4.69) is 5.32 Å². The van der Waals surface area contributed by atoms with Crippen molar-refractivity contribution < 1.29 is 28.9 Å². The zero-order valence-corrected chi connectivity index (χ0v) is 15.4. The van der Waals surface area contributed by atoms with E-state index in [1.54, 1.807) is 23.9 Å². The fourth-order valence-electron chi connectivity index (χ4n) is 2.85. The highest BCUT2D eigenvalue weighted by molar-refractivity contribution is 7.99. The van der Waals surface area contributed by atoms with E-state index in [4.69, 9.17) is 14.2 Å². The third-order valence-corrected chi connectivity index (χ3v) is 5.21. The van der Waals surface area contributed by atoms with E-state index < -0.39 is 11.5 Å². The molecule has 1 fully saturated rings. The summed E-state index contributed by atoms with van der Waals surface area (Å²) in [7, 11) is 4.50. The Labute approximate surface area is 151 Å². The predicted molar refractivity (Wildman–Crippen MR) is 94.9 cm³/mol. The van der Waals surface area contributed by atoms with Crippen LogP contribution in [0.3, 0.4) is 0 Å². The number of carbonyl (C=O) groups is 2. The number of aliphatic carboxylic acids is 1. The Morgan fingerprint density at radius 1 is 1.12 bits per heavy atom. The van der Waals surface area contributed by atoms with Crippen molar-refractivity contribution in [3.63, 3.8) is 0 Å². The molecule has 8 heteroatoms. The molecular weight excluding hydrogens is 346 g/mol. The van der Waals surface area contributed by atoms with E-state index >= 15 is 0 Å². The molecule has 0 aromatic heterocycles. The molecule has 1 aromatic carbocycles.